The van der Waals surface area contributed by atoms with E-state index in [2.05, 4.69) is 29.3 Å². The van der Waals surface area contributed by atoms with Crippen LogP contribution in [0.15, 0.2) is 60.7 Å². The van der Waals surface area contributed by atoms with E-state index in [1.54, 1.807) is 0 Å². The second-order valence-corrected chi connectivity index (χ2v) is 4.80. The lowest BCUT2D eigenvalue weighted by atomic mass is 10.0. The maximum absolute atomic E-state index is 6.10. The van der Waals surface area contributed by atoms with Gasteiger partial charge in [-0.05, 0) is 29.0 Å². The molecule has 0 saturated carbocycles. The molecule has 0 aliphatic heterocycles. The van der Waals surface area contributed by atoms with E-state index in [0.717, 1.165) is 27.6 Å². The SMILES string of the molecule is CNc1ccccc1C#Cc1c(N)ccc2ccccc12. The zero-order valence-electron chi connectivity index (χ0n) is 11.9. The molecule has 3 aromatic rings. The van der Waals surface area contributed by atoms with Gasteiger partial charge in [0.2, 0.25) is 0 Å². The van der Waals surface area contributed by atoms with Gasteiger partial charge in [-0.25, -0.2) is 0 Å². The number of fused-ring (bicyclic) bond motifs is 1. The fourth-order valence-corrected chi connectivity index (χ4v) is 2.37. The maximum atomic E-state index is 6.10. The van der Waals surface area contributed by atoms with Crippen LogP contribution in [0.4, 0.5) is 11.4 Å². The number of rotatable bonds is 1. The minimum Gasteiger partial charge on any atom is -0.398 e. The number of nitrogens with two attached hydrogens (primary N) is 1. The van der Waals surface area contributed by atoms with Gasteiger partial charge >= 0.3 is 0 Å². The molecular weight excluding hydrogens is 256 g/mol. The highest BCUT2D eigenvalue weighted by atomic mass is 14.8. The van der Waals surface area contributed by atoms with Crippen molar-refractivity contribution in [3.63, 3.8) is 0 Å². The van der Waals surface area contributed by atoms with Gasteiger partial charge < -0.3 is 11.1 Å². The molecule has 0 fully saturated rings. The molecule has 0 amide bonds. The quantitative estimate of drug-likeness (QED) is 0.521. The summed E-state index contributed by atoms with van der Waals surface area (Å²) in [5, 5.41) is 5.39. The summed E-state index contributed by atoms with van der Waals surface area (Å²) in [4.78, 5) is 0. The molecule has 0 unspecified atom stereocenters. The molecule has 0 saturated heterocycles. The second-order valence-electron chi connectivity index (χ2n) is 4.80. The first kappa shape index (κ1) is 13.1. The highest BCUT2D eigenvalue weighted by Gasteiger charge is 2.02. The predicted molar refractivity (Wildman–Crippen MR) is 90.3 cm³/mol. The topological polar surface area (TPSA) is 38.0 Å². The van der Waals surface area contributed by atoms with Gasteiger partial charge in [-0.2, -0.15) is 0 Å². The summed E-state index contributed by atoms with van der Waals surface area (Å²) in [5.74, 6) is 6.45. The van der Waals surface area contributed by atoms with Gasteiger partial charge in [0.15, 0.2) is 0 Å². The van der Waals surface area contributed by atoms with E-state index in [9.17, 15) is 0 Å². The first-order valence-corrected chi connectivity index (χ1v) is 6.85. The Kier molecular flexibility index (Phi) is 3.49. The Hall–Kier alpha value is -2.92. The Morgan fingerprint density at radius 3 is 2.48 bits per heavy atom. The molecule has 3 aromatic carbocycles. The normalized spacial score (nSPS) is 9.95. The largest absolute Gasteiger partial charge is 0.398 e. The zero-order valence-corrected chi connectivity index (χ0v) is 11.9. The van der Waals surface area contributed by atoms with Crippen molar-refractivity contribution in [1.29, 1.82) is 0 Å². The third kappa shape index (κ3) is 2.54. The monoisotopic (exact) mass is 272 g/mol. The van der Waals surface area contributed by atoms with Crippen LogP contribution < -0.4 is 11.1 Å². The summed E-state index contributed by atoms with van der Waals surface area (Å²) in [7, 11) is 1.90. The van der Waals surface area contributed by atoms with Gasteiger partial charge in [-0.15, -0.1) is 0 Å². The van der Waals surface area contributed by atoms with Crippen molar-refractivity contribution < 1.29 is 0 Å². The van der Waals surface area contributed by atoms with Crippen LogP contribution in [-0.2, 0) is 0 Å². The van der Waals surface area contributed by atoms with Crippen molar-refractivity contribution >= 4 is 22.1 Å². The van der Waals surface area contributed by atoms with Gasteiger partial charge in [0, 0.05) is 24.0 Å². The molecule has 102 valence electrons. The third-order valence-corrected chi connectivity index (χ3v) is 3.48. The second kappa shape index (κ2) is 5.60. The lowest BCUT2D eigenvalue weighted by molar-refractivity contribution is 1.49. The third-order valence-electron chi connectivity index (χ3n) is 3.48. The molecule has 0 aromatic heterocycles. The fourth-order valence-electron chi connectivity index (χ4n) is 2.37. The summed E-state index contributed by atoms with van der Waals surface area (Å²) in [6.07, 6.45) is 0. The standard InChI is InChI=1S/C19H16N2/c1-21-19-9-5-3-7-15(19)10-12-17-16-8-4-2-6-14(16)11-13-18(17)20/h2-9,11,13,21H,20H2,1H3. The van der Waals surface area contributed by atoms with Crippen LogP contribution in [-0.4, -0.2) is 7.05 Å². The predicted octanol–water partition coefficient (Wildman–Crippen LogP) is 3.86. The van der Waals surface area contributed by atoms with E-state index in [4.69, 9.17) is 5.73 Å². The summed E-state index contributed by atoms with van der Waals surface area (Å²) < 4.78 is 0. The van der Waals surface area contributed by atoms with E-state index in [1.165, 1.54) is 0 Å². The molecule has 3 rings (SSSR count). The lowest BCUT2D eigenvalue weighted by Gasteiger charge is -2.05. The van der Waals surface area contributed by atoms with E-state index >= 15 is 0 Å². The van der Waals surface area contributed by atoms with Crippen molar-refractivity contribution in [2.45, 2.75) is 0 Å². The molecular formula is C19H16N2. The molecule has 2 nitrogen and oxygen atoms in total. The van der Waals surface area contributed by atoms with Crippen molar-refractivity contribution in [1.82, 2.24) is 0 Å². The average molecular weight is 272 g/mol. The van der Waals surface area contributed by atoms with Crippen molar-refractivity contribution in [2.75, 3.05) is 18.1 Å². The number of nitrogen functional groups attached to an aromatic ring is 1. The van der Waals surface area contributed by atoms with Crippen LogP contribution >= 0.6 is 0 Å². The molecule has 21 heavy (non-hydrogen) atoms. The van der Waals surface area contributed by atoms with Crippen LogP contribution in [0, 0.1) is 11.8 Å². The lowest BCUT2D eigenvalue weighted by Crippen LogP contribution is -1.93. The molecule has 0 heterocycles. The molecule has 0 aliphatic carbocycles. The van der Waals surface area contributed by atoms with Crippen molar-refractivity contribution in [3.8, 4) is 11.8 Å². The number of hydrogen-bond donors (Lipinski definition) is 2. The van der Waals surface area contributed by atoms with E-state index in [-0.39, 0.29) is 0 Å². The molecule has 0 radical (unpaired) electrons. The highest BCUT2D eigenvalue weighted by Crippen LogP contribution is 2.23. The summed E-state index contributed by atoms with van der Waals surface area (Å²) in [6.45, 7) is 0. The summed E-state index contributed by atoms with van der Waals surface area (Å²) >= 11 is 0. The number of hydrogen-bond acceptors (Lipinski definition) is 2. The Morgan fingerprint density at radius 1 is 0.857 bits per heavy atom. The highest BCUT2D eigenvalue weighted by molar-refractivity contribution is 5.92. The van der Waals surface area contributed by atoms with Gasteiger partial charge in [0.25, 0.3) is 0 Å². The Bertz CT molecular complexity index is 854. The Morgan fingerprint density at radius 2 is 1.62 bits per heavy atom. The number of nitrogens with one attached hydrogen (secondary N) is 1. The van der Waals surface area contributed by atoms with Crippen LogP contribution in [0.1, 0.15) is 11.1 Å². The molecule has 0 atom stereocenters. The van der Waals surface area contributed by atoms with Crippen molar-refractivity contribution in [2.24, 2.45) is 0 Å². The minimum atomic E-state index is 0.711. The summed E-state index contributed by atoms with van der Waals surface area (Å²) in [6, 6.07) is 20.1. The summed E-state index contributed by atoms with van der Waals surface area (Å²) in [5.41, 5.74) is 9.68. The number of benzene rings is 3. The average Bonchev–Trinajstić information content (AvgIpc) is 2.54. The minimum absolute atomic E-state index is 0.711. The maximum Gasteiger partial charge on any atom is 0.0557 e. The molecule has 3 N–H and O–H groups in total. The van der Waals surface area contributed by atoms with Crippen molar-refractivity contribution in [3.05, 3.63) is 71.8 Å². The van der Waals surface area contributed by atoms with Gasteiger partial charge in [-0.3, -0.25) is 0 Å². The smallest absolute Gasteiger partial charge is 0.0557 e. The van der Waals surface area contributed by atoms with E-state index < -0.39 is 0 Å². The fraction of sp³-hybridized carbons (Fsp3) is 0.0526. The van der Waals surface area contributed by atoms with Gasteiger partial charge in [0.1, 0.15) is 0 Å². The number of anilines is 2. The Labute approximate surface area is 124 Å². The number of para-hydroxylation sites is 1. The molecule has 0 spiro atoms. The van der Waals surface area contributed by atoms with Gasteiger partial charge in [0.05, 0.1) is 5.56 Å². The molecule has 0 aliphatic rings. The van der Waals surface area contributed by atoms with Crippen LogP contribution in [0.5, 0.6) is 0 Å². The van der Waals surface area contributed by atoms with Gasteiger partial charge in [-0.1, -0.05) is 54.3 Å². The molecule has 0 bridgehead atoms. The first-order chi connectivity index (χ1) is 10.3. The van der Waals surface area contributed by atoms with E-state index in [1.807, 2.05) is 55.6 Å². The zero-order chi connectivity index (χ0) is 14.7. The van der Waals surface area contributed by atoms with E-state index in [0.29, 0.717) is 5.69 Å². The first-order valence-electron chi connectivity index (χ1n) is 6.85. The van der Waals surface area contributed by atoms with Crippen LogP contribution in [0.25, 0.3) is 10.8 Å². The Balaban J connectivity index is 2.15. The van der Waals surface area contributed by atoms with Crippen LogP contribution in [0.3, 0.4) is 0 Å². The van der Waals surface area contributed by atoms with Crippen LogP contribution in [0.2, 0.25) is 0 Å². The molecule has 2 heteroatoms.